The van der Waals surface area contributed by atoms with Crippen molar-refractivity contribution in [3.05, 3.63) is 0 Å². The summed E-state index contributed by atoms with van der Waals surface area (Å²) in [5, 5.41) is -0.651. The molecule has 1 atom stereocenters. The Morgan fingerprint density at radius 3 is 2.36 bits per heavy atom. The van der Waals surface area contributed by atoms with Crippen LogP contribution < -0.4 is 0 Å². The van der Waals surface area contributed by atoms with E-state index in [1.165, 1.54) is 0 Å². The zero-order chi connectivity index (χ0) is 8.43. The van der Waals surface area contributed by atoms with Crippen molar-refractivity contribution in [1.29, 1.82) is 0 Å². The molecule has 0 saturated heterocycles. The molecule has 0 amide bonds. The largest absolute Gasteiger partial charge is 0.281 e. The van der Waals surface area contributed by atoms with Gasteiger partial charge in [0.2, 0.25) is 11.7 Å². The smallest absolute Gasteiger partial charge is 0.242 e. The molecule has 0 aliphatic heterocycles. The van der Waals surface area contributed by atoms with Crippen molar-refractivity contribution in [2.24, 2.45) is 11.8 Å². The van der Waals surface area contributed by atoms with E-state index in [-0.39, 0.29) is 12.3 Å². The van der Waals surface area contributed by atoms with Gasteiger partial charge >= 0.3 is 0 Å². The molecule has 11 heavy (non-hydrogen) atoms. The summed E-state index contributed by atoms with van der Waals surface area (Å²) in [5.41, 5.74) is 0. The van der Waals surface area contributed by atoms with Crippen LogP contribution in [0, 0.1) is 11.8 Å². The van der Waals surface area contributed by atoms with E-state index in [2.05, 4.69) is 0 Å². The second-order valence-electron chi connectivity index (χ2n) is 2.89. The van der Waals surface area contributed by atoms with Gasteiger partial charge in [0, 0.05) is 12.3 Å². The summed E-state index contributed by atoms with van der Waals surface area (Å²) >= 11 is 5.02. The van der Waals surface area contributed by atoms with Crippen LogP contribution >= 0.6 is 11.6 Å². The average Bonchev–Trinajstić information content (AvgIpc) is 2.63. The molecule has 0 bridgehead atoms. The number of hydrogen-bond donors (Lipinski definition) is 0. The lowest BCUT2D eigenvalue weighted by Crippen LogP contribution is -2.15. The zero-order valence-electron chi connectivity index (χ0n) is 5.90. The predicted molar refractivity (Wildman–Crippen MR) is 37.7 cm³/mol. The SMILES string of the molecule is O=C(Cl)CC(C(F)F)C1CC1. The molecule has 0 spiro atoms. The average molecular weight is 183 g/mol. The van der Waals surface area contributed by atoms with E-state index in [1.54, 1.807) is 0 Å². The Balaban J connectivity index is 2.38. The van der Waals surface area contributed by atoms with Crippen LogP contribution in [0.2, 0.25) is 0 Å². The van der Waals surface area contributed by atoms with E-state index in [1.807, 2.05) is 0 Å². The lowest BCUT2D eigenvalue weighted by molar-refractivity contribution is -0.114. The molecule has 0 aromatic carbocycles. The Kier molecular flexibility index (Phi) is 2.82. The maximum absolute atomic E-state index is 12.1. The van der Waals surface area contributed by atoms with Crippen molar-refractivity contribution in [1.82, 2.24) is 0 Å². The molecule has 1 nitrogen and oxygen atoms in total. The van der Waals surface area contributed by atoms with Crippen molar-refractivity contribution in [3.63, 3.8) is 0 Å². The molecule has 0 aromatic heterocycles. The van der Waals surface area contributed by atoms with Crippen molar-refractivity contribution in [2.75, 3.05) is 0 Å². The number of alkyl halides is 2. The summed E-state index contributed by atoms with van der Waals surface area (Å²) in [6, 6.07) is 0. The molecule has 1 aliphatic carbocycles. The number of halogens is 3. The molecule has 0 heterocycles. The molecule has 4 heteroatoms. The molecule has 0 aromatic rings. The maximum atomic E-state index is 12.1. The van der Waals surface area contributed by atoms with Crippen molar-refractivity contribution in [2.45, 2.75) is 25.7 Å². The van der Waals surface area contributed by atoms with E-state index in [4.69, 9.17) is 11.6 Å². The fourth-order valence-electron chi connectivity index (χ4n) is 1.17. The third kappa shape index (κ3) is 2.73. The molecule has 0 radical (unpaired) electrons. The third-order valence-corrected chi connectivity index (χ3v) is 2.10. The van der Waals surface area contributed by atoms with Crippen LogP contribution in [0.4, 0.5) is 8.78 Å². The third-order valence-electron chi connectivity index (χ3n) is 1.95. The van der Waals surface area contributed by atoms with Gasteiger partial charge in [-0.15, -0.1) is 0 Å². The van der Waals surface area contributed by atoms with Gasteiger partial charge in [-0.1, -0.05) is 0 Å². The quantitative estimate of drug-likeness (QED) is 0.611. The van der Waals surface area contributed by atoms with Crippen LogP contribution in [0.3, 0.4) is 0 Å². The van der Waals surface area contributed by atoms with E-state index >= 15 is 0 Å². The van der Waals surface area contributed by atoms with Crippen LogP contribution in [0.15, 0.2) is 0 Å². The first kappa shape index (κ1) is 8.91. The molecular formula is C7H9ClF2O. The van der Waals surface area contributed by atoms with Gasteiger partial charge in [-0.25, -0.2) is 8.78 Å². The number of carbonyl (C=O) groups is 1. The fourth-order valence-corrected chi connectivity index (χ4v) is 1.35. The Hall–Kier alpha value is -0.180. The van der Waals surface area contributed by atoms with Crippen molar-refractivity contribution >= 4 is 16.8 Å². The molecule has 1 fully saturated rings. The second kappa shape index (κ2) is 3.48. The summed E-state index contributed by atoms with van der Waals surface area (Å²) in [4.78, 5) is 10.3. The highest BCUT2D eigenvalue weighted by atomic mass is 35.5. The first-order valence-electron chi connectivity index (χ1n) is 3.57. The topological polar surface area (TPSA) is 17.1 Å². The molecule has 1 aliphatic rings. The summed E-state index contributed by atoms with van der Waals surface area (Å²) in [6.45, 7) is 0. The molecule has 1 rings (SSSR count). The Labute approximate surface area is 68.7 Å². The zero-order valence-corrected chi connectivity index (χ0v) is 6.65. The monoisotopic (exact) mass is 182 g/mol. The van der Waals surface area contributed by atoms with E-state index in [0.717, 1.165) is 12.8 Å². The molecule has 1 saturated carbocycles. The first-order valence-corrected chi connectivity index (χ1v) is 3.95. The van der Waals surface area contributed by atoms with Crippen molar-refractivity contribution in [3.8, 4) is 0 Å². The predicted octanol–water partition coefficient (Wildman–Crippen LogP) is 2.43. The van der Waals surface area contributed by atoms with Gasteiger partial charge in [-0.05, 0) is 30.4 Å². The van der Waals surface area contributed by atoms with E-state index in [9.17, 15) is 13.6 Å². The number of rotatable bonds is 4. The summed E-state index contributed by atoms with van der Waals surface area (Å²) in [5.74, 6) is -0.752. The lowest BCUT2D eigenvalue weighted by atomic mass is 10.0. The minimum Gasteiger partial charge on any atom is -0.281 e. The van der Waals surface area contributed by atoms with Gasteiger partial charge in [-0.3, -0.25) is 4.79 Å². The fraction of sp³-hybridized carbons (Fsp3) is 0.857. The van der Waals surface area contributed by atoms with Gasteiger partial charge in [0.05, 0.1) is 0 Å². The van der Waals surface area contributed by atoms with Crippen LogP contribution in [-0.2, 0) is 4.79 Å². The van der Waals surface area contributed by atoms with Gasteiger partial charge in [-0.2, -0.15) is 0 Å². The lowest BCUT2D eigenvalue weighted by Gasteiger charge is -2.11. The Morgan fingerprint density at radius 1 is 1.55 bits per heavy atom. The first-order chi connectivity index (χ1) is 5.11. The van der Waals surface area contributed by atoms with E-state index < -0.39 is 17.6 Å². The minimum absolute atomic E-state index is 0.0395. The normalized spacial score (nSPS) is 20.4. The maximum Gasteiger partial charge on any atom is 0.242 e. The molecular weight excluding hydrogens is 174 g/mol. The van der Waals surface area contributed by atoms with Crippen LogP contribution in [0.1, 0.15) is 19.3 Å². The van der Waals surface area contributed by atoms with Gasteiger partial charge in [0.1, 0.15) is 0 Å². The van der Waals surface area contributed by atoms with Gasteiger partial charge < -0.3 is 0 Å². The number of hydrogen-bond acceptors (Lipinski definition) is 1. The van der Waals surface area contributed by atoms with Crippen LogP contribution in [0.5, 0.6) is 0 Å². The molecule has 1 unspecified atom stereocenters. The second-order valence-corrected chi connectivity index (χ2v) is 3.32. The van der Waals surface area contributed by atoms with E-state index in [0.29, 0.717) is 0 Å². The van der Waals surface area contributed by atoms with Gasteiger partial charge in [0.15, 0.2) is 0 Å². The molecule has 0 N–H and O–H groups in total. The Morgan fingerprint density at radius 2 is 2.09 bits per heavy atom. The van der Waals surface area contributed by atoms with Gasteiger partial charge in [0.25, 0.3) is 0 Å². The standard InChI is InChI=1S/C7H9ClF2O/c8-6(11)3-5(7(9)10)4-1-2-4/h4-5,7H,1-3H2. The highest BCUT2D eigenvalue weighted by molar-refractivity contribution is 6.63. The summed E-state index contributed by atoms with van der Waals surface area (Å²) in [6.07, 6.45) is -0.937. The highest BCUT2D eigenvalue weighted by Crippen LogP contribution is 2.41. The summed E-state index contributed by atoms with van der Waals surface area (Å²) < 4.78 is 24.3. The highest BCUT2D eigenvalue weighted by Gasteiger charge is 2.37. The molecule has 64 valence electrons. The number of carbonyl (C=O) groups excluding carboxylic acids is 1. The minimum atomic E-state index is -2.40. The Bertz CT molecular complexity index is 155. The van der Waals surface area contributed by atoms with Crippen LogP contribution in [0.25, 0.3) is 0 Å². The van der Waals surface area contributed by atoms with Crippen LogP contribution in [-0.4, -0.2) is 11.7 Å². The van der Waals surface area contributed by atoms with Crippen molar-refractivity contribution < 1.29 is 13.6 Å². The summed E-state index contributed by atoms with van der Waals surface area (Å²) in [7, 11) is 0.